The number of hydrogen-bond acceptors (Lipinski definition) is 1. The Hall–Kier alpha value is -1.57. The second-order valence-electron chi connectivity index (χ2n) is 5.70. The van der Waals surface area contributed by atoms with Gasteiger partial charge in [0.15, 0.2) is 0 Å². The molecule has 0 radical (unpaired) electrons. The molecule has 2 aromatic carbocycles. The van der Waals surface area contributed by atoms with Gasteiger partial charge in [0.25, 0.3) is 0 Å². The van der Waals surface area contributed by atoms with E-state index in [4.69, 9.17) is 11.6 Å². The first-order valence-electron chi connectivity index (χ1n) is 7.20. The van der Waals surface area contributed by atoms with E-state index in [9.17, 15) is 0 Å². The van der Waals surface area contributed by atoms with Crippen LogP contribution in [0.5, 0.6) is 0 Å². The van der Waals surface area contributed by atoms with Gasteiger partial charge in [-0.25, -0.2) is 0 Å². The van der Waals surface area contributed by atoms with E-state index < -0.39 is 0 Å². The molecule has 3 aromatic rings. The predicted octanol–water partition coefficient (Wildman–Crippen LogP) is 6.43. The molecule has 1 aliphatic rings. The quantitative estimate of drug-likeness (QED) is 0.486. The lowest BCUT2D eigenvalue weighted by Gasteiger charge is -2.11. The van der Waals surface area contributed by atoms with Crippen LogP contribution in [0.3, 0.4) is 0 Å². The molecule has 0 fully saturated rings. The molecule has 1 atom stereocenters. The van der Waals surface area contributed by atoms with Crippen molar-refractivity contribution in [2.75, 3.05) is 0 Å². The standard InChI is InChI=1S/C19H15ClS/c1-12-2-8-16-17-9-5-14(11-19(17)21-18(16)10-12)13-3-6-15(20)7-4-13/h2-9,11-12H,10H2,1H3. The summed E-state index contributed by atoms with van der Waals surface area (Å²) >= 11 is 7.91. The summed E-state index contributed by atoms with van der Waals surface area (Å²) in [6.45, 7) is 2.28. The van der Waals surface area contributed by atoms with Crippen molar-refractivity contribution in [3.63, 3.8) is 0 Å². The van der Waals surface area contributed by atoms with Crippen molar-refractivity contribution in [3.05, 3.63) is 64.0 Å². The second-order valence-corrected chi connectivity index (χ2v) is 7.27. The highest BCUT2D eigenvalue weighted by atomic mass is 35.5. The fourth-order valence-corrected chi connectivity index (χ4v) is 4.44. The molecule has 0 nitrogen and oxygen atoms in total. The summed E-state index contributed by atoms with van der Waals surface area (Å²) in [4.78, 5) is 1.52. The molecule has 1 heterocycles. The van der Waals surface area contributed by atoms with Crippen molar-refractivity contribution in [2.24, 2.45) is 5.92 Å². The molecule has 0 N–H and O–H groups in total. The third kappa shape index (κ3) is 2.31. The number of allylic oxidation sites excluding steroid dienone is 1. The summed E-state index contributed by atoms with van der Waals surface area (Å²) in [6.07, 6.45) is 5.79. The number of hydrogen-bond donors (Lipinski definition) is 0. The van der Waals surface area contributed by atoms with Crippen LogP contribution in [0.2, 0.25) is 5.02 Å². The lowest BCUT2D eigenvalue weighted by molar-refractivity contribution is 0.728. The fraction of sp³-hybridized carbons (Fsp3) is 0.158. The van der Waals surface area contributed by atoms with Crippen molar-refractivity contribution in [1.29, 1.82) is 0 Å². The van der Waals surface area contributed by atoms with Crippen LogP contribution in [-0.2, 0) is 6.42 Å². The van der Waals surface area contributed by atoms with E-state index in [2.05, 4.69) is 49.4 Å². The topological polar surface area (TPSA) is 0 Å². The van der Waals surface area contributed by atoms with Gasteiger partial charge in [-0.2, -0.15) is 0 Å². The van der Waals surface area contributed by atoms with Gasteiger partial charge in [0.2, 0.25) is 0 Å². The molecule has 0 spiro atoms. The molecule has 0 amide bonds. The van der Waals surface area contributed by atoms with Crippen LogP contribution in [0.1, 0.15) is 17.4 Å². The first-order valence-corrected chi connectivity index (χ1v) is 8.40. The first kappa shape index (κ1) is 13.1. The zero-order valence-corrected chi connectivity index (χ0v) is 13.3. The average Bonchev–Trinajstić information content (AvgIpc) is 2.84. The van der Waals surface area contributed by atoms with Crippen molar-refractivity contribution >= 4 is 39.1 Å². The lowest BCUT2D eigenvalue weighted by atomic mass is 9.95. The van der Waals surface area contributed by atoms with Crippen LogP contribution < -0.4 is 0 Å². The minimum absolute atomic E-state index is 0.654. The van der Waals surface area contributed by atoms with E-state index in [0.717, 1.165) is 5.02 Å². The van der Waals surface area contributed by atoms with E-state index >= 15 is 0 Å². The highest BCUT2D eigenvalue weighted by Gasteiger charge is 2.16. The van der Waals surface area contributed by atoms with Crippen LogP contribution in [-0.4, -0.2) is 0 Å². The van der Waals surface area contributed by atoms with Crippen molar-refractivity contribution in [3.8, 4) is 11.1 Å². The summed E-state index contributed by atoms with van der Waals surface area (Å²) in [7, 11) is 0. The van der Waals surface area contributed by atoms with E-state index in [1.54, 1.807) is 0 Å². The summed E-state index contributed by atoms with van der Waals surface area (Å²) in [6, 6.07) is 14.8. The molecule has 1 aromatic heterocycles. The lowest BCUT2D eigenvalue weighted by Crippen LogP contribution is -1.99. The van der Waals surface area contributed by atoms with Crippen LogP contribution in [0.4, 0.5) is 0 Å². The average molecular weight is 311 g/mol. The van der Waals surface area contributed by atoms with E-state index in [-0.39, 0.29) is 0 Å². The van der Waals surface area contributed by atoms with E-state index in [1.165, 1.54) is 38.1 Å². The maximum atomic E-state index is 5.97. The maximum Gasteiger partial charge on any atom is 0.0406 e. The van der Waals surface area contributed by atoms with E-state index in [1.807, 2.05) is 23.5 Å². The highest BCUT2D eigenvalue weighted by molar-refractivity contribution is 7.19. The van der Waals surface area contributed by atoms with E-state index in [0.29, 0.717) is 5.92 Å². The van der Waals surface area contributed by atoms with Crippen molar-refractivity contribution in [2.45, 2.75) is 13.3 Å². The predicted molar refractivity (Wildman–Crippen MR) is 94.2 cm³/mol. The Bertz CT molecular complexity index is 840. The van der Waals surface area contributed by atoms with Crippen molar-refractivity contribution in [1.82, 2.24) is 0 Å². The summed E-state index contributed by atoms with van der Waals surface area (Å²) in [5, 5.41) is 2.17. The van der Waals surface area contributed by atoms with Crippen LogP contribution in [0.15, 0.2) is 48.5 Å². The van der Waals surface area contributed by atoms with Crippen LogP contribution in [0.25, 0.3) is 27.3 Å². The number of thiophene rings is 1. The molecule has 4 rings (SSSR count). The first-order chi connectivity index (χ1) is 10.2. The molecule has 0 aliphatic heterocycles. The Morgan fingerprint density at radius 3 is 2.62 bits per heavy atom. The van der Waals surface area contributed by atoms with Crippen molar-refractivity contribution < 1.29 is 0 Å². The molecule has 0 bridgehead atoms. The number of fused-ring (bicyclic) bond motifs is 3. The minimum atomic E-state index is 0.654. The monoisotopic (exact) mass is 310 g/mol. The van der Waals surface area contributed by atoms with Gasteiger partial charge in [0.05, 0.1) is 0 Å². The molecular weight excluding hydrogens is 296 g/mol. The SMILES string of the molecule is CC1C=Cc2c(sc3cc(-c4ccc(Cl)cc4)ccc23)C1. The second kappa shape index (κ2) is 5.01. The largest absolute Gasteiger partial charge is 0.140 e. The van der Waals surface area contributed by atoms with Crippen LogP contribution >= 0.6 is 22.9 Å². The van der Waals surface area contributed by atoms with Crippen LogP contribution in [0, 0.1) is 5.92 Å². The Morgan fingerprint density at radius 1 is 1.05 bits per heavy atom. The molecule has 21 heavy (non-hydrogen) atoms. The maximum absolute atomic E-state index is 5.97. The Balaban J connectivity index is 1.84. The Kier molecular flexibility index (Phi) is 3.13. The van der Waals surface area contributed by atoms with Gasteiger partial charge in [0, 0.05) is 14.6 Å². The molecule has 2 heteroatoms. The molecule has 104 valence electrons. The zero-order chi connectivity index (χ0) is 14.4. The summed E-state index contributed by atoms with van der Waals surface area (Å²) < 4.78 is 1.38. The number of rotatable bonds is 1. The third-order valence-corrected chi connectivity index (χ3v) is 5.52. The molecule has 0 saturated carbocycles. The zero-order valence-electron chi connectivity index (χ0n) is 11.8. The number of halogens is 1. The van der Waals surface area contributed by atoms with Gasteiger partial charge in [-0.1, -0.05) is 54.9 Å². The van der Waals surface area contributed by atoms with Gasteiger partial charge in [-0.3, -0.25) is 0 Å². The van der Waals surface area contributed by atoms with Gasteiger partial charge >= 0.3 is 0 Å². The molecule has 1 aliphatic carbocycles. The summed E-state index contributed by atoms with van der Waals surface area (Å²) in [5.41, 5.74) is 3.90. The molecule has 0 saturated heterocycles. The smallest absolute Gasteiger partial charge is 0.0406 e. The minimum Gasteiger partial charge on any atom is -0.140 e. The van der Waals surface area contributed by atoms with Gasteiger partial charge in [-0.05, 0) is 52.6 Å². The van der Waals surface area contributed by atoms with Gasteiger partial charge in [-0.15, -0.1) is 11.3 Å². The third-order valence-electron chi connectivity index (χ3n) is 4.08. The molecular formula is C19H15ClS. The fourth-order valence-electron chi connectivity index (χ4n) is 2.94. The highest BCUT2D eigenvalue weighted by Crippen LogP contribution is 2.38. The Morgan fingerprint density at radius 2 is 1.81 bits per heavy atom. The normalized spacial score (nSPS) is 17.1. The Labute approximate surface area is 133 Å². The van der Waals surface area contributed by atoms with Gasteiger partial charge in [0.1, 0.15) is 0 Å². The molecule has 1 unspecified atom stereocenters. The van der Waals surface area contributed by atoms with Gasteiger partial charge < -0.3 is 0 Å². The summed E-state index contributed by atoms with van der Waals surface area (Å²) in [5.74, 6) is 0.654. The number of benzene rings is 2.